The fourth-order valence-electron chi connectivity index (χ4n) is 2.61. The zero-order chi connectivity index (χ0) is 15.2. The van der Waals surface area contributed by atoms with Crippen molar-refractivity contribution in [3.05, 3.63) is 12.3 Å². The van der Waals surface area contributed by atoms with Crippen LogP contribution in [0.2, 0.25) is 0 Å². The molecular weight excluding hydrogens is 264 g/mol. The molecule has 5 nitrogen and oxygen atoms in total. The van der Waals surface area contributed by atoms with Crippen LogP contribution in [-0.2, 0) is 0 Å². The number of nitrogens with one attached hydrogen (secondary N) is 1. The highest BCUT2D eigenvalue weighted by Gasteiger charge is 2.22. The zero-order valence-electron chi connectivity index (χ0n) is 13.7. The Morgan fingerprint density at radius 2 is 2.19 bits per heavy atom. The van der Waals surface area contributed by atoms with E-state index in [1.807, 2.05) is 19.9 Å². The van der Waals surface area contributed by atoms with E-state index >= 15 is 0 Å². The van der Waals surface area contributed by atoms with Crippen molar-refractivity contribution in [3.63, 3.8) is 0 Å². The molecule has 0 bridgehead atoms. The molecular formula is C16H28N4O. The Labute approximate surface area is 128 Å². The molecule has 1 unspecified atom stereocenters. The van der Waals surface area contributed by atoms with Crippen LogP contribution in [0.4, 0.5) is 5.95 Å². The number of ether oxygens (including phenoxy) is 1. The summed E-state index contributed by atoms with van der Waals surface area (Å²) in [6, 6.07) is 2.37. The molecule has 0 saturated carbocycles. The topological polar surface area (TPSA) is 50.3 Å². The minimum Gasteiger partial charge on any atom is -0.475 e. The predicted octanol–water partition coefficient (Wildman–Crippen LogP) is 2.48. The number of hydrogen-bond acceptors (Lipinski definition) is 5. The van der Waals surface area contributed by atoms with Gasteiger partial charge in [0.05, 0.1) is 6.10 Å². The summed E-state index contributed by atoms with van der Waals surface area (Å²) in [5.41, 5.74) is 0. The molecule has 1 aliphatic rings. The van der Waals surface area contributed by atoms with Crippen molar-refractivity contribution in [2.75, 3.05) is 24.5 Å². The van der Waals surface area contributed by atoms with Crippen molar-refractivity contribution in [2.45, 2.75) is 52.7 Å². The second-order valence-electron chi connectivity index (χ2n) is 6.38. The first-order valence-corrected chi connectivity index (χ1v) is 8.02. The van der Waals surface area contributed by atoms with E-state index in [2.05, 4.69) is 34.0 Å². The van der Waals surface area contributed by atoms with Gasteiger partial charge in [-0.2, -0.15) is 4.98 Å². The molecule has 2 rings (SSSR count). The van der Waals surface area contributed by atoms with Gasteiger partial charge in [-0.05, 0) is 39.2 Å². The van der Waals surface area contributed by atoms with Gasteiger partial charge in [0.1, 0.15) is 0 Å². The molecule has 1 N–H and O–H groups in total. The summed E-state index contributed by atoms with van der Waals surface area (Å²) in [6.45, 7) is 11.5. The summed E-state index contributed by atoms with van der Waals surface area (Å²) < 4.78 is 5.66. The van der Waals surface area contributed by atoms with E-state index in [-0.39, 0.29) is 6.10 Å². The molecule has 0 aromatic carbocycles. The number of nitrogens with zero attached hydrogens (tertiary/aromatic N) is 3. The number of rotatable bonds is 6. The average molecular weight is 292 g/mol. The van der Waals surface area contributed by atoms with Crippen molar-refractivity contribution < 1.29 is 4.74 Å². The van der Waals surface area contributed by atoms with E-state index in [4.69, 9.17) is 4.74 Å². The zero-order valence-corrected chi connectivity index (χ0v) is 13.7. The fourth-order valence-corrected chi connectivity index (χ4v) is 2.61. The Bertz CT molecular complexity index is 436. The standard InChI is InChI=1S/C16H28N4O/c1-12(2)18-10-14-6-5-9-20(11-14)16-17-8-7-15(19-16)21-13(3)4/h7-8,12-14,18H,5-6,9-11H2,1-4H3. The molecule has 21 heavy (non-hydrogen) atoms. The maximum absolute atomic E-state index is 5.66. The van der Waals surface area contributed by atoms with Gasteiger partial charge < -0.3 is 15.0 Å². The van der Waals surface area contributed by atoms with Gasteiger partial charge in [-0.25, -0.2) is 4.98 Å². The first kappa shape index (κ1) is 16.0. The van der Waals surface area contributed by atoms with E-state index in [1.165, 1.54) is 12.8 Å². The number of piperidine rings is 1. The SMILES string of the molecule is CC(C)NCC1CCCN(c2nccc(OC(C)C)n2)C1. The fraction of sp³-hybridized carbons (Fsp3) is 0.750. The molecule has 1 aromatic rings. The van der Waals surface area contributed by atoms with Crippen molar-refractivity contribution >= 4 is 5.95 Å². The predicted molar refractivity (Wildman–Crippen MR) is 85.9 cm³/mol. The summed E-state index contributed by atoms with van der Waals surface area (Å²) >= 11 is 0. The van der Waals surface area contributed by atoms with Crippen LogP contribution < -0.4 is 15.0 Å². The van der Waals surface area contributed by atoms with Gasteiger partial charge in [-0.3, -0.25) is 0 Å². The lowest BCUT2D eigenvalue weighted by molar-refractivity contribution is 0.232. The number of hydrogen-bond donors (Lipinski definition) is 1. The van der Waals surface area contributed by atoms with Crippen LogP contribution in [0, 0.1) is 5.92 Å². The second-order valence-corrected chi connectivity index (χ2v) is 6.38. The maximum Gasteiger partial charge on any atom is 0.228 e. The Hall–Kier alpha value is -1.36. The highest BCUT2D eigenvalue weighted by molar-refractivity contribution is 5.32. The largest absolute Gasteiger partial charge is 0.475 e. The smallest absolute Gasteiger partial charge is 0.228 e. The van der Waals surface area contributed by atoms with Crippen LogP contribution in [0.5, 0.6) is 5.88 Å². The van der Waals surface area contributed by atoms with Gasteiger partial charge >= 0.3 is 0 Å². The molecule has 118 valence electrons. The van der Waals surface area contributed by atoms with Gasteiger partial charge in [0.25, 0.3) is 0 Å². The molecule has 2 heterocycles. The van der Waals surface area contributed by atoms with Crippen molar-refractivity contribution in [3.8, 4) is 5.88 Å². The first-order chi connectivity index (χ1) is 10.0. The Morgan fingerprint density at radius 3 is 2.90 bits per heavy atom. The second kappa shape index (κ2) is 7.59. The Kier molecular flexibility index (Phi) is 5.79. The lowest BCUT2D eigenvalue weighted by Gasteiger charge is -2.33. The summed E-state index contributed by atoms with van der Waals surface area (Å²) in [7, 11) is 0. The van der Waals surface area contributed by atoms with E-state index in [9.17, 15) is 0 Å². The number of aromatic nitrogens is 2. The van der Waals surface area contributed by atoms with Crippen LogP contribution in [-0.4, -0.2) is 41.7 Å². The molecule has 0 radical (unpaired) electrons. The quantitative estimate of drug-likeness (QED) is 0.873. The van der Waals surface area contributed by atoms with Gasteiger partial charge in [0, 0.05) is 31.4 Å². The van der Waals surface area contributed by atoms with E-state index < -0.39 is 0 Å². The highest BCUT2D eigenvalue weighted by Crippen LogP contribution is 2.21. The third-order valence-corrected chi connectivity index (χ3v) is 3.59. The van der Waals surface area contributed by atoms with Gasteiger partial charge in [-0.15, -0.1) is 0 Å². The minimum atomic E-state index is 0.136. The summed E-state index contributed by atoms with van der Waals surface area (Å²) in [5, 5.41) is 3.53. The maximum atomic E-state index is 5.66. The first-order valence-electron chi connectivity index (χ1n) is 8.02. The summed E-state index contributed by atoms with van der Waals surface area (Å²) in [5.74, 6) is 2.12. The van der Waals surface area contributed by atoms with Crippen LogP contribution in [0.25, 0.3) is 0 Å². The lowest BCUT2D eigenvalue weighted by Crippen LogP contribution is -2.41. The van der Waals surface area contributed by atoms with Crippen molar-refractivity contribution in [1.29, 1.82) is 0 Å². The van der Waals surface area contributed by atoms with Crippen molar-refractivity contribution in [1.82, 2.24) is 15.3 Å². The Morgan fingerprint density at radius 1 is 1.38 bits per heavy atom. The van der Waals surface area contributed by atoms with E-state index in [0.717, 1.165) is 25.6 Å². The molecule has 0 spiro atoms. The molecule has 1 atom stereocenters. The van der Waals surface area contributed by atoms with Gasteiger partial charge in [-0.1, -0.05) is 13.8 Å². The van der Waals surface area contributed by atoms with Crippen LogP contribution in [0.15, 0.2) is 12.3 Å². The Balaban J connectivity index is 1.97. The lowest BCUT2D eigenvalue weighted by atomic mass is 9.98. The van der Waals surface area contributed by atoms with Crippen LogP contribution in [0.1, 0.15) is 40.5 Å². The molecule has 0 amide bonds. The van der Waals surface area contributed by atoms with Gasteiger partial charge in [0.15, 0.2) is 0 Å². The molecule has 1 aliphatic heterocycles. The van der Waals surface area contributed by atoms with Gasteiger partial charge in [0.2, 0.25) is 11.8 Å². The summed E-state index contributed by atoms with van der Waals surface area (Å²) in [6.07, 6.45) is 4.40. The number of anilines is 1. The normalized spacial score (nSPS) is 19.3. The monoisotopic (exact) mass is 292 g/mol. The van der Waals surface area contributed by atoms with Crippen molar-refractivity contribution in [2.24, 2.45) is 5.92 Å². The molecule has 0 aliphatic carbocycles. The molecule has 1 fully saturated rings. The third-order valence-electron chi connectivity index (χ3n) is 3.59. The minimum absolute atomic E-state index is 0.136. The van der Waals surface area contributed by atoms with Crippen LogP contribution in [0.3, 0.4) is 0 Å². The van der Waals surface area contributed by atoms with E-state index in [0.29, 0.717) is 17.8 Å². The molecule has 1 aromatic heterocycles. The molecule has 5 heteroatoms. The van der Waals surface area contributed by atoms with Crippen LogP contribution >= 0.6 is 0 Å². The highest BCUT2D eigenvalue weighted by atomic mass is 16.5. The molecule has 1 saturated heterocycles. The average Bonchev–Trinajstić information content (AvgIpc) is 2.45. The third kappa shape index (κ3) is 5.16. The van der Waals surface area contributed by atoms with E-state index in [1.54, 1.807) is 6.20 Å². The summed E-state index contributed by atoms with van der Waals surface area (Å²) in [4.78, 5) is 11.2.